The molecule has 0 aliphatic carbocycles. The van der Waals surface area contributed by atoms with Crippen molar-refractivity contribution < 1.29 is 23.5 Å². The van der Waals surface area contributed by atoms with Crippen LogP contribution in [0.25, 0.3) is 0 Å². The van der Waals surface area contributed by atoms with Gasteiger partial charge in [-0.25, -0.2) is 8.78 Å². The number of benzene rings is 1. The minimum absolute atomic E-state index is 0.0487. The average Bonchev–Trinajstić information content (AvgIpc) is 2.91. The zero-order chi connectivity index (χ0) is 17.0. The highest BCUT2D eigenvalue weighted by Crippen LogP contribution is 2.16. The van der Waals surface area contributed by atoms with Crippen LogP contribution in [0.15, 0.2) is 18.2 Å². The van der Waals surface area contributed by atoms with E-state index in [0.717, 1.165) is 0 Å². The number of carbonyl (C=O) groups is 2. The number of aliphatic carboxylic acids is 1. The van der Waals surface area contributed by atoms with E-state index in [-0.39, 0.29) is 24.4 Å². The summed E-state index contributed by atoms with van der Waals surface area (Å²) < 4.78 is 27.2. The standard InChI is InChI=1S/C16H20F2N2O3/c1-10(7-12-13(17)3-2-4-14(12)18)19-15(21)9-20-6-5-11(8-20)16(22)23/h2-4,10-11H,5-9H2,1H3,(H,19,21)(H,22,23). The third kappa shape index (κ3) is 4.72. The van der Waals surface area contributed by atoms with Crippen LogP contribution in [0.3, 0.4) is 0 Å². The van der Waals surface area contributed by atoms with Crippen molar-refractivity contribution in [3.8, 4) is 0 Å². The maximum Gasteiger partial charge on any atom is 0.307 e. The topological polar surface area (TPSA) is 69.6 Å². The van der Waals surface area contributed by atoms with Gasteiger partial charge in [-0.05, 0) is 38.4 Å². The van der Waals surface area contributed by atoms with Crippen LogP contribution in [0.5, 0.6) is 0 Å². The van der Waals surface area contributed by atoms with Crippen molar-refractivity contribution in [2.45, 2.75) is 25.8 Å². The van der Waals surface area contributed by atoms with Gasteiger partial charge in [0, 0.05) is 18.2 Å². The molecule has 0 spiro atoms. The number of nitrogens with zero attached hydrogens (tertiary/aromatic N) is 1. The van der Waals surface area contributed by atoms with E-state index in [4.69, 9.17) is 5.11 Å². The van der Waals surface area contributed by atoms with Crippen LogP contribution in [0.2, 0.25) is 0 Å². The fourth-order valence-corrected chi connectivity index (χ4v) is 2.79. The molecule has 126 valence electrons. The van der Waals surface area contributed by atoms with Gasteiger partial charge in [-0.3, -0.25) is 14.5 Å². The monoisotopic (exact) mass is 326 g/mol. The van der Waals surface area contributed by atoms with Gasteiger partial charge in [0.05, 0.1) is 12.5 Å². The lowest BCUT2D eigenvalue weighted by molar-refractivity contribution is -0.141. The molecule has 1 aliphatic heterocycles. The largest absolute Gasteiger partial charge is 0.481 e. The highest BCUT2D eigenvalue weighted by atomic mass is 19.1. The van der Waals surface area contributed by atoms with Crippen LogP contribution in [-0.2, 0) is 16.0 Å². The molecule has 1 aromatic rings. The van der Waals surface area contributed by atoms with Crippen molar-refractivity contribution in [3.05, 3.63) is 35.4 Å². The summed E-state index contributed by atoms with van der Waals surface area (Å²) in [5.41, 5.74) is -0.0487. The van der Waals surface area contributed by atoms with Crippen molar-refractivity contribution in [1.29, 1.82) is 0 Å². The summed E-state index contributed by atoms with van der Waals surface area (Å²) in [4.78, 5) is 24.6. The number of amides is 1. The third-order valence-electron chi connectivity index (χ3n) is 3.97. The Hall–Kier alpha value is -2.02. The molecule has 5 nitrogen and oxygen atoms in total. The normalized spacial score (nSPS) is 19.5. The van der Waals surface area contributed by atoms with Crippen LogP contribution in [0.1, 0.15) is 18.9 Å². The number of hydrogen-bond acceptors (Lipinski definition) is 3. The predicted molar refractivity (Wildman–Crippen MR) is 79.8 cm³/mol. The Morgan fingerprint density at radius 2 is 2.04 bits per heavy atom. The SMILES string of the molecule is CC(Cc1c(F)cccc1F)NC(=O)CN1CCC(C(=O)O)C1. The fraction of sp³-hybridized carbons (Fsp3) is 0.500. The molecule has 1 heterocycles. The summed E-state index contributed by atoms with van der Waals surface area (Å²) >= 11 is 0. The van der Waals surface area contributed by atoms with Gasteiger partial charge in [0.15, 0.2) is 0 Å². The molecular formula is C16H20F2N2O3. The molecule has 0 saturated carbocycles. The fourth-order valence-electron chi connectivity index (χ4n) is 2.79. The molecule has 1 fully saturated rings. The zero-order valence-electron chi connectivity index (χ0n) is 12.9. The predicted octanol–water partition coefficient (Wildman–Crippen LogP) is 1.42. The van der Waals surface area contributed by atoms with Crippen LogP contribution in [-0.4, -0.2) is 47.6 Å². The summed E-state index contributed by atoms with van der Waals surface area (Å²) in [6.07, 6.45) is 0.584. The summed E-state index contributed by atoms with van der Waals surface area (Å²) in [7, 11) is 0. The number of carbonyl (C=O) groups excluding carboxylic acids is 1. The Morgan fingerprint density at radius 3 is 2.61 bits per heavy atom. The molecule has 1 aromatic carbocycles. The molecule has 1 amide bonds. The Bertz CT molecular complexity index is 574. The summed E-state index contributed by atoms with van der Waals surface area (Å²) in [6.45, 7) is 2.67. The van der Waals surface area contributed by atoms with Gasteiger partial charge >= 0.3 is 5.97 Å². The molecule has 2 unspecified atom stereocenters. The molecule has 0 aromatic heterocycles. The lowest BCUT2D eigenvalue weighted by Gasteiger charge is -2.18. The first-order chi connectivity index (χ1) is 10.9. The van der Waals surface area contributed by atoms with Gasteiger partial charge < -0.3 is 10.4 Å². The van der Waals surface area contributed by atoms with E-state index in [2.05, 4.69) is 5.32 Å². The number of nitrogens with one attached hydrogen (secondary N) is 1. The van der Waals surface area contributed by atoms with Crippen molar-refractivity contribution in [2.24, 2.45) is 5.92 Å². The Morgan fingerprint density at radius 1 is 1.39 bits per heavy atom. The molecule has 23 heavy (non-hydrogen) atoms. The maximum absolute atomic E-state index is 13.6. The maximum atomic E-state index is 13.6. The van der Waals surface area contributed by atoms with Gasteiger partial charge in [0.2, 0.25) is 5.91 Å². The molecule has 0 radical (unpaired) electrons. The van der Waals surface area contributed by atoms with Crippen molar-refractivity contribution >= 4 is 11.9 Å². The van der Waals surface area contributed by atoms with Crippen molar-refractivity contribution in [1.82, 2.24) is 10.2 Å². The van der Waals surface area contributed by atoms with E-state index in [0.29, 0.717) is 19.5 Å². The Kier molecular flexibility index (Phi) is 5.65. The van der Waals surface area contributed by atoms with Crippen molar-refractivity contribution in [3.63, 3.8) is 0 Å². The van der Waals surface area contributed by atoms with Gasteiger partial charge in [-0.15, -0.1) is 0 Å². The van der Waals surface area contributed by atoms with Gasteiger partial charge in [0.25, 0.3) is 0 Å². The molecular weight excluding hydrogens is 306 g/mol. The molecule has 2 atom stereocenters. The van der Waals surface area contributed by atoms with E-state index >= 15 is 0 Å². The van der Waals surface area contributed by atoms with Gasteiger partial charge in [0.1, 0.15) is 11.6 Å². The van der Waals surface area contributed by atoms with E-state index in [9.17, 15) is 18.4 Å². The minimum atomic E-state index is -0.851. The van der Waals surface area contributed by atoms with Gasteiger partial charge in [-0.1, -0.05) is 6.07 Å². The molecule has 0 bridgehead atoms. The summed E-state index contributed by atoms with van der Waals surface area (Å²) in [5.74, 6) is -2.82. The Balaban J connectivity index is 1.82. The van der Waals surface area contributed by atoms with Crippen LogP contribution in [0.4, 0.5) is 8.78 Å². The zero-order valence-corrected chi connectivity index (χ0v) is 12.9. The van der Waals surface area contributed by atoms with Crippen LogP contribution in [0, 0.1) is 17.6 Å². The lowest BCUT2D eigenvalue weighted by Crippen LogP contribution is -2.41. The number of rotatable bonds is 6. The highest BCUT2D eigenvalue weighted by molar-refractivity contribution is 5.78. The second-order valence-corrected chi connectivity index (χ2v) is 5.93. The first-order valence-corrected chi connectivity index (χ1v) is 7.54. The van der Waals surface area contributed by atoms with Gasteiger partial charge in [-0.2, -0.15) is 0 Å². The first kappa shape index (κ1) is 17.3. The third-order valence-corrected chi connectivity index (χ3v) is 3.97. The molecule has 1 aliphatic rings. The van der Waals surface area contributed by atoms with E-state index in [1.807, 2.05) is 0 Å². The van der Waals surface area contributed by atoms with E-state index in [1.54, 1.807) is 11.8 Å². The van der Waals surface area contributed by atoms with E-state index < -0.39 is 29.6 Å². The highest BCUT2D eigenvalue weighted by Gasteiger charge is 2.29. The van der Waals surface area contributed by atoms with Crippen LogP contribution < -0.4 is 5.32 Å². The lowest BCUT2D eigenvalue weighted by atomic mass is 10.1. The van der Waals surface area contributed by atoms with Crippen LogP contribution >= 0.6 is 0 Å². The Labute approximate surface area is 133 Å². The molecule has 1 saturated heterocycles. The molecule has 7 heteroatoms. The number of hydrogen-bond donors (Lipinski definition) is 2. The smallest absolute Gasteiger partial charge is 0.307 e. The second kappa shape index (κ2) is 7.50. The molecule has 2 N–H and O–H groups in total. The number of carboxylic acid groups (broad SMARTS) is 1. The first-order valence-electron chi connectivity index (χ1n) is 7.54. The number of likely N-dealkylation sites (tertiary alicyclic amines) is 1. The van der Waals surface area contributed by atoms with E-state index in [1.165, 1.54) is 18.2 Å². The molecule has 2 rings (SSSR count). The summed E-state index contributed by atoms with van der Waals surface area (Å²) in [6, 6.07) is 3.24. The second-order valence-electron chi connectivity index (χ2n) is 5.93. The van der Waals surface area contributed by atoms with Crippen molar-refractivity contribution in [2.75, 3.05) is 19.6 Å². The quantitative estimate of drug-likeness (QED) is 0.829. The average molecular weight is 326 g/mol. The minimum Gasteiger partial charge on any atom is -0.481 e. The number of halogens is 2. The number of carboxylic acids is 1. The summed E-state index contributed by atoms with van der Waals surface area (Å²) in [5, 5.41) is 11.6.